The van der Waals surface area contributed by atoms with Gasteiger partial charge in [-0.05, 0) is 19.8 Å². The number of aliphatic hydroxyl groups is 1. The van der Waals surface area contributed by atoms with E-state index in [1.807, 2.05) is 6.92 Å². The number of rotatable bonds is 4. The third kappa shape index (κ3) is 2.67. The van der Waals surface area contributed by atoms with Gasteiger partial charge < -0.3 is 14.7 Å². The van der Waals surface area contributed by atoms with E-state index in [0.29, 0.717) is 6.61 Å². The van der Waals surface area contributed by atoms with Gasteiger partial charge >= 0.3 is 0 Å². The first-order valence-corrected chi connectivity index (χ1v) is 4.77. The summed E-state index contributed by atoms with van der Waals surface area (Å²) in [7, 11) is 0. The Morgan fingerprint density at radius 3 is 3.08 bits per heavy atom. The second kappa shape index (κ2) is 5.19. The lowest BCUT2D eigenvalue weighted by Crippen LogP contribution is -2.39. The Morgan fingerprint density at radius 1 is 1.69 bits per heavy atom. The molecular formula is C9H17NO3. The Labute approximate surface area is 78.5 Å². The molecule has 0 aromatic carbocycles. The number of aliphatic hydroxyl groups excluding tert-OH is 1. The maximum atomic E-state index is 11.5. The van der Waals surface area contributed by atoms with Gasteiger partial charge in [0.15, 0.2) is 0 Å². The van der Waals surface area contributed by atoms with E-state index in [2.05, 4.69) is 0 Å². The summed E-state index contributed by atoms with van der Waals surface area (Å²) in [6.45, 7) is 3.39. The van der Waals surface area contributed by atoms with Crippen molar-refractivity contribution in [2.75, 3.05) is 26.4 Å². The van der Waals surface area contributed by atoms with Gasteiger partial charge in [0.2, 0.25) is 5.91 Å². The predicted molar refractivity (Wildman–Crippen MR) is 48.3 cm³/mol. The van der Waals surface area contributed by atoms with Gasteiger partial charge in [0, 0.05) is 13.2 Å². The Bertz CT molecular complexity index is 172. The Kier molecular flexibility index (Phi) is 4.18. The van der Waals surface area contributed by atoms with Crippen LogP contribution in [0.15, 0.2) is 0 Å². The highest BCUT2D eigenvalue weighted by Crippen LogP contribution is 2.16. The first-order valence-electron chi connectivity index (χ1n) is 4.77. The van der Waals surface area contributed by atoms with Crippen LogP contribution in [0, 0.1) is 0 Å². The van der Waals surface area contributed by atoms with Crippen LogP contribution in [0.25, 0.3) is 0 Å². The lowest BCUT2D eigenvalue weighted by atomic mass is 10.2. The van der Waals surface area contributed by atoms with Crippen molar-refractivity contribution in [1.82, 2.24) is 4.90 Å². The summed E-state index contributed by atoms with van der Waals surface area (Å²) < 4.78 is 5.03. The van der Waals surface area contributed by atoms with Gasteiger partial charge in [-0.25, -0.2) is 0 Å². The van der Waals surface area contributed by atoms with Gasteiger partial charge in [0.1, 0.15) is 6.61 Å². The van der Waals surface area contributed by atoms with Crippen molar-refractivity contribution in [2.24, 2.45) is 0 Å². The van der Waals surface area contributed by atoms with Crippen LogP contribution in [0.1, 0.15) is 19.8 Å². The van der Waals surface area contributed by atoms with Crippen molar-refractivity contribution >= 4 is 5.91 Å². The van der Waals surface area contributed by atoms with Crippen LogP contribution in [-0.4, -0.2) is 48.3 Å². The van der Waals surface area contributed by atoms with Crippen LogP contribution in [0.2, 0.25) is 0 Å². The average molecular weight is 187 g/mol. The fraction of sp³-hybridized carbons (Fsp3) is 0.889. The molecule has 0 aliphatic carbocycles. The summed E-state index contributed by atoms with van der Waals surface area (Å²) in [6, 6.07) is 0.0213. The van der Waals surface area contributed by atoms with Crippen molar-refractivity contribution in [3.05, 3.63) is 0 Å². The molecule has 13 heavy (non-hydrogen) atoms. The molecule has 1 aliphatic rings. The van der Waals surface area contributed by atoms with Gasteiger partial charge in [-0.1, -0.05) is 0 Å². The topological polar surface area (TPSA) is 49.8 Å². The molecule has 1 rings (SSSR count). The van der Waals surface area contributed by atoms with Gasteiger partial charge in [-0.3, -0.25) is 4.79 Å². The summed E-state index contributed by atoms with van der Waals surface area (Å²) in [6.07, 6.45) is 1.90. The highest BCUT2D eigenvalue weighted by molar-refractivity contribution is 5.78. The summed E-state index contributed by atoms with van der Waals surface area (Å²) in [5, 5.41) is 8.98. The number of amides is 1. The van der Waals surface area contributed by atoms with Crippen molar-refractivity contribution in [3.63, 3.8) is 0 Å². The maximum absolute atomic E-state index is 11.5. The Hall–Kier alpha value is -0.610. The SMILES string of the molecule is CCOCC(=O)N1CCCC1CO. The van der Waals surface area contributed by atoms with Gasteiger partial charge in [-0.2, -0.15) is 0 Å². The number of ether oxygens (including phenoxy) is 1. The van der Waals surface area contributed by atoms with Crippen LogP contribution >= 0.6 is 0 Å². The minimum absolute atomic E-state index is 0.00148. The molecule has 4 heteroatoms. The molecule has 0 bridgehead atoms. The third-order valence-electron chi connectivity index (χ3n) is 2.34. The van der Waals surface area contributed by atoms with Crippen LogP contribution in [0.3, 0.4) is 0 Å². The van der Waals surface area contributed by atoms with E-state index in [9.17, 15) is 4.79 Å². The number of carbonyl (C=O) groups is 1. The third-order valence-corrected chi connectivity index (χ3v) is 2.34. The normalized spacial score (nSPS) is 22.3. The predicted octanol–water partition coefficient (Wildman–Crippen LogP) is 0.00620. The number of carbonyl (C=O) groups excluding carboxylic acids is 1. The first-order chi connectivity index (χ1) is 6.29. The minimum atomic E-state index is -0.00148. The molecular weight excluding hydrogens is 170 g/mol. The van der Waals surface area contributed by atoms with Gasteiger partial charge in [-0.15, -0.1) is 0 Å². The van der Waals surface area contributed by atoms with Crippen molar-refractivity contribution in [3.8, 4) is 0 Å². The largest absolute Gasteiger partial charge is 0.394 e. The highest BCUT2D eigenvalue weighted by atomic mass is 16.5. The zero-order valence-corrected chi connectivity index (χ0v) is 8.03. The molecule has 1 heterocycles. The number of hydrogen-bond donors (Lipinski definition) is 1. The Balaban J connectivity index is 2.36. The van der Waals surface area contributed by atoms with Crippen LogP contribution in [-0.2, 0) is 9.53 Å². The fourth-order valence-electron chi connectivity index (χ4n) is 1.63. The van der Waals surface area contributed by atoms with E-state index in [1.165, 1.54) is 0 Å². The summed E-state index contributed by atoms with van der Waals surface area (Å²) >= 11 is 0. The molecule has 1 N–H and O–H groups in total. The highest BCUT2D eigenvalue weighted by Gasteiger charge is 2.27. The number of nitrogens with zero attached hydrogens (tertiary/aromatic N) is 1. The standard InChI is InChI=1S/C9H17NO3/c1-2-13-7-9(12)10-5-3-4-8(10)6-11/h8,11H,2-7H2,1H3. The number of hydrogen-bond acceptors (Lipinski definition) is 3. The molecule has 1 fully saturated rings. The lowest BCUT2D eigenvalue weighted by molar-refractivity contribution is -0.137. The molecule has 1 atom stereocenters. The summed E-state index contributed by atoms with van der Waals surface area (Å²) in [5.41, 5.74) is 0. The Morgan fingerprint density at radius 2 is 2.46 bits per heavy atom. The monoisotopic (exact) mass is 187 g/mol. The summed E-state index contributed by atoms with van der Waals surface area (Å²) in [5.74, 6) is -0.00148. The molecule has 4 nitrogen and oxygen atoms in total. The smallest absolute Gasteiger partial charge is 0.248 e. The molecule has 76 valence electrons. The van der Waals surface area contributed by atoms with Crippen molar-refractivity contribution in [1.29, 1.82) is 0 Å². The van der Waals surface area contributed by atoms with E-state index >= 15 is 0 Å². The second-order valence-corrected chi connectivity index (χ2v) is 3.20. The average Bonchev–Trinajstić information content (AvgIpc) is 2.61. The molecule has 1 unspecified atom stereocenters. The number of likely N-dealkylation sites (tertiary alicyclic amines) is 1. The summed E-state index contributed by atoms with van der Waals surface area (Å²) in [4.78, 5) is 13.2. The fourth-order valence-corrected chi connectivity index (χ4v) is 1.63. The molecule has 0 radical (unpaired) electrons. The minimum Gasteiger partial charge on any atom is -0.394 e. The molecule has 0 spiro atoms. The van der Waals surface area contributed by atoms with Gasteiger partial charge in [0.25, 0.3) is 0 Å². The molecule has 0 aromatic rings. The first kappa shape index (κ1) is 10.5. The van der Waals surface area contributed by atoms with Gasteiger partial charge in [0.05, 0.1) is 12.6 Å². The maximum Gasteiger partial charge on any atom is 0.248 e. The molecule has 1 aliphatic heterocycles. The zero-order valence-electron chi connectivity index (χ0n) is 8.03. The molecule has 0 saturated carbocycles. The van der Waals surface area contributed by atoms with E-state index in [-0.39, 0.29) is 25.2 Å². The van der Waals surface area contributed by atoms with Crippen molar-refractivity contribution in [2.45, 2.75) is 25.8 Å². The molecule has 0 aromatic heterocycles. The molecule has 1 amide bonds. The van der Waals surface area contributed by atoms with E-state index in [0.717, 1.165) is 19.4 Å². The second-order valence-electron chi connectivity index (χ2n) is 3.20. The lowest BCUT2D eigenvalue weighted by Gasteiger charge is -2.22. The molecule has 1 saturated heterocycles. The van der Waals surface area contributed by atoms with E-state index < -0.39 is 0 Å². The van der Waals surface area contributed by atoms with Crippen LogP contribution < -0.4 is 0 Å². The quantitative estimate of drug-likeness (QED) is 0.674. The van der Waals surface area contributed by atoms with E-state index in [4.69, 9.17) is 9.84 Å². The van der Waals surface area contributed by atoms with E-state index in [1.54, 1.807) is 4.90 Å². The zero-order chi connectivity index (χ0) is 9.68. The van der Waals surface area contributed by atoms with Crippen LogP contribution in [0.4, 0.5) is 0 Å². The van der Waals surface area contributed by atoms with Crippen LogP contribution in [0.5, 0.6) is 0 Å². The van der Waals surface area contributed by atoms with Crippen molar-refractivity contribution < 1.29 is 14.6 Å².